The van der Waals surface area contributed by atoms with Crippen molar-refractivity contribution in [2.75, 3.05) is 26.7 Å². The normalized spacial score (nSPS) is 26.2. The lowest BCUT2D eigenvalue weighted by Gasteiger charge is -2.14. The molecule has 5 N–H and O–H groups in total. The fraction of sp³-hybridized carbons (Fsp3) is 0.875. The molecule has 5 nitrogen and oxygen atoms in total. The first-order valence-corrected chi connectivity index (χ1v) is 4.56. The molecule has 1 rings (SSSR count). The smallest absolute Gasteiger partial charge is 0.235 e. The molecule has 2 unspecified atom stereocenters. The molecule has 0 aromatic heterocycles. The SMILES string of the molecule is CN1CCC(NCC(N)C(N)=O)C1. The van der Waals surface area contributed by atoms with Crippen LogP contribution in [0.3, 0.4) is 0 Å². The van der Waals surface area contributed by atoms with E-state index >= 15 is 0 Å². The topological polar surface area (TPSA) is 84.4 Å². The van der Waals surface area contributed by atoms with Gasteiger partial charge in [0.25, 0.3) is 0 Å². The molecular formula is C8H18N4O. The van der Waals surface area contributed by atoms with Gasteiger partial charge < -0.3 is 21.7 Å². The van der Waals surface area contributed by atoms with Crippen LogP contribution in [0.4, 0.5) is 0 Å². The van der Waals surface area contributed by atoms with Crippen molar-refractivity contribution in [2.45, 2.75) is 18.5 Å². The zero-order valence-corrected chi connectivity index (χ0v) is 7.99. The Bertz CT molecular complexity index is 185. The van der Waals surface area contributed by atoms with Crippen LogP contribution in [0.1, 0.15) is 6.42 Å². The zero-order chi connectivity index (χ0) is 9.84. The van der Waals surface area contributed by atoms with Gasteiger partial charge in [0.15, 0.2) is 0 Å². The molecule has 0 saturated carbocycles. The first kappa shape index (κ1) is 10.4. The highest BCUT2D eigenvalue weighted by atomic mass is 16.1. The van der Waals surface area contributed by atoms with Gasteiger partial charge in [0.1, 0.15) is 0 Å². The Hall–Kier alpha value is -0.650. The minimum absolute atomic E-state index is 0.446. The summed E-state index contributed by atoms with van der Waals surface area (Å²) in [6.45, 7) is 2.60. The maximum atomic E-state index is 10.6. The number of nitrogens with zero attached hydrogens (tertiary/aromatic N) is 1. The Morgan fingerprint density at radius 1 is 1.77 bits per heavy atom. The van der Waals surface area contributed by atoms with E-state index in [2.05, 4.69) is 17.3 Å². The highest BCUT2D eigenvalue weighted by molar-refractivity contribution is 5.79. The number of amides is 1. The van der Waals surface area contributed by atoms with Crippen LogP contribution in [0.5, 0.6) is 0 Å². The lowest BCUT2D eigenvalue weighted by Crippen LogP contribution is -2.47. The molecule has 1 amide bonds. The van der Waals surface area contributed by atoms with Crippen molar-refractivity contribution in [3.05, 3.63) is 0 Å². The highest BCUT2D eigenvalue weighted by Crippen LogP contribution is 2.05. The van der Waals surface area contributed by atoms with Crippen LogP contribution in [0.2, 0.25) is 0 Å². The maximum absolute atomic E-state index is 10.6. The Labute approximate surface area is 78.4 Å². The molecule has 0 aliphatic carbocycles. The fourth-order valence-corrected chi connectivity index (χ4v) is 1.50. The summed E-state index contributed by atoms with van der Waals surface area (Å²) in [5, 5.41) is 3.23. The molecule has 1 aliphatic heterocycles. The second-order valence-corrected chi connectivity index (χ2v) is 3.66. The first-order valence-electron chi connectivity index (χ1n) is 4.56. The molecule has 1 saturated heterocycles. The van der Waals surface area contributed by atoms with Crippen molar-refractivity contribution >= 4 is 5.91 Å². The fourth-order valence-electron chi connectivity index (χ4n) is 1.50. The molecule has 0 spiro atoms. The molecular weight excluding hydrogens is 168 g/mol. The van der Waals surface area contributed by atoms with E-state index in [0.717, 1.165) is 19.5 Å². The lowest BCUT2D eigenvalue weighted by atomic mass is 10.2. The molecule has 1 heterocycles. The van der Waals surface area contributed by atoms with E-state index in [1.165, 1.54) is 0 Å². The van der Waals surface area contributed by atoms with Gasteiger partial charge in [-0.1, -0.05) is 0 Å². The van der Waals surface area contributed by atoms with Gasteiger partial charge in [-0.05, 0) is 20.0 Å². The van der Waals surface area contributed by atoms with Crippen molar-refractivity contribution in [3.8, 4) is 0 Å². The van der Waals surface area contributed by atoms with Crippen LogP contribution in [-0.4, -0.2) is 49.6 Å². The van der Waals surface area contributed by atoms with Gasteiger partial charge in [0, 0.05) is 19.1 Å². The number of nitrogens with two attached hydrogens (primary N) is 2. The standard InChI is InChI=1S/C8H18N4O/c1-12-3-2-6(5-12)11-4-7(9)8(10)13/h6-7,11H,2-5,9H2,1H3,(H2,10,13). The maximum Gasteiger partial charge on any atom is 0.235 e. The monoisotopic (exact) mass is 186 g/mol. The molecule has 1 fully saturated rings. The third kappa shape index (κ3) is 3.30. The van der Waals surface area contributed by atoms with Gasteiger partial charge in [-0.3, -0.25) is 4.79 Å². The van der Waals surface area contributed by atoms with Crippen LogP contribution in [0.25, 0.3) is 0 Å². The van der Waals surface area contributed by atoms with Gasteiger partial charge in [-0.25, -0.2) is 0 Å². The summed E-state index contributed by atoms with van der Waals surface area (Å²) in [5.74, 6) is -0.446. The summed E-state index contributed by atoms with van der Waals surface area (Å²) in [6.07, 6.45) is 1.11. The van der Waals surface area contributed by atoms with Crippen molar-refractivity contribution < 1.29 is 4.79 Å². The van der Waals surface area contributed by atoms with Gasteiger partial charge >= 0.3 is 0 Å². The first-order chi connectivity index (χ1) is 6.09. The molecule has 1 aliphatic rings. The number of carbonyl (C=O) groups is 1. The van der Waals surface area contributed by atoms with E-state index < -0.39 is 11.9 Å². The number of rotatable bonds is 4. The predicted molar refractivity (Wildman–Crippen MR) is 51.1 cm³/mol. The summed E-state index contributed by atoms with van der Waals surface area (Å²) in [7, 11) is 2.08. The lowest BCUT2D eigenvalue weighted by molar-refractivity contribution is -0.119. The summed E-state index contributed by atoms with van der Waals surface area (Å²) in [5.41, 5.74) is 10.5. The molecule has 0 aromatic rings. The predicted octanol–water partition coefficient (Wildman–Crippen LogP) is -1.91. The summed E-state index contributed by atoms with van der Waals surface area (Å²) >= 11 is 0. The van der Waals surface area contributed by atoms with Gasteiger partial charge in [-0.2, -0.15) is 0 Å². The Kier molecular flexibility index (Phi) is 3.65. The average molecular weight is 186 g/mol. The Morgan fingerprint density at radius 3 is 2.92 bits per heavy atom. The number of nitrogens with one attached hydrogen (secondary N) is 1. The quantitative estimate of drug-likeness (QED) is 0.478. The van der Waals surface area contributed by atoms with E-state index in [9.17, 15) is 4.79 Å². The van der Waals surface area contributed by atoms with E-state index in [4.69, 9.17) is 11.5 Å². The van der Waals surface area contributed by atoms with Gasteiger partial charge in [0.05, 0.1) is 6.04 Å². The van der Waals surface area contributed by atoms with Gasteiger partial charge in [0.2, 0.25) is 5.91 Å². The van der Waals surface area contributed by atoms with Crippen LogP contribution in [-0.2, 0) is 4.79 Å². The average Bonchev–Trinajstić information content (AvgIpc) is 2.47. The van der Waals surface area contributed by atoms with E-state index in [1.807, 2.05) is 0 Å². The molecule has 0 bridgehead atoms. The molecule has 5 heteroatoms. The number of hydrogen-bond acceptors (Lipinski definition) is 4. The molecule has 76 valence electrons. The molecule has 0 radical (unpaired) electrons. The number of primary amides is 1. The summed E-state index contributed by atoms with van der Waals surface area (Å²) in [6, 6.07) is -0.110. The second-order valence-electron chi connectivity index (χ2n) is 3.66. The van der Waals surface area contributed by atoms with Crippen LogP contribution in [0.15, 0.2) is 0 Å². The Balaban J connectivity index is 2.16. The van der Waals surface area contributed by atoms with Crippen LogP contribution >= 0.6 is 0 Å². The number of carbonyl (C=O) groups excluding carboxylic acids is 1. The van der Waals surface area contributed by atoms with E-state index in [1.54, 1.807) is 0 Å². The number of likely N-dealkylation sites (N-methyl/N-ethyl adjacent to an activating group) is 1. The van der Waals surface area contributed by atoms with E-state index in [-0.39, 0.29) is 0 Å². The number of likely N-dealkylation sites (tertiary alicyclic amines) is 1. The van der Waals surface area contributed by atoms with Gasteiger partial charge in [-0.15, -0.1) is 0 Å². The van der Waals surface area contributed by atoms with Crippen molar-refractivity contribution in [1.29, 1.82) is 0 Å². The van der Waals surface area contributed by atoms with Crippen molar-refractivity contribution in [3.63, 3.8) is 0 Å². The third-order valence-corrected chi connectivity index (χ3v) is 2.38. The zero-order valence-electron chi connectivity index (χ0n) is 7.99. The van der Waals surface area contributed by atoms with Crippen molar-refractivity contribution in [2.24, 2.45) is 11.5 Å². The van der Waals surface area contributed by atoms with Crippen LogP contribution < -0.4 is 16.8 Å². The minimum Gasteiger partial charge on any atom is -0.368 e. The minimum atomic E-state index is -0.564. The molecule has 0 aromatic carbocycles. The molecule has 13 heavy (non-hydrogen) atoms. The molecule has 2 atom stereocenters. The largest absolute Gasteiger partial charge is 0.368 e. The summed E-state index contributed by atoms with van der Waals surface area (Å²) < 4.78 is 0. The summed E-state index contributed by atoms with van der Waals surface area (Å²) in [4.78, 5) is 12.9. The van der Waals surface area contributed by atoms with E-state index in [0.29, 0.717) is 12.6 Å². The van der Waals surface area contributed by atoms with Crippen molar-refractivity contribution in [1.82, 2.24) is 10.2 Å². The third-order valence-electron chi connectivity index (χ3n) is 2.38. The highest BCUT2D eigenvalue weighted by Gasteiger charge is 2.20. The van der Waals surface area contributed by atoms with Crippen LogP contribution in [0, 0.1) is 0 Å². The Morgan fingerprint density at radius 2 is 2.46 bits per heavy atom. The second kappa shape index (κ2) is 4.55. The number of hydrogen-bond donors (Lipinski definition) is 3.